The van der Waals surface area contributed by atoms with Crippen molar-refractivity contribution >= 4 is 11.6 Å². The molecular weight excluding hydrogens is 140 g/mol. The van der Waals surface area contributed by atoms with Gasteiger partial charge in [0.15, 0.2) is 11.6 Å². The second-order valence-electron chi connectivity index (χ2n) is 1.63. The highest BCUT2D eigenvalue weighted by molar-refractivity contribution is 5.86. The van der Waals surface area contributed by atoms with Crippen LogP contribution in [0, 0.1) is 0 Å². The molecule has 0 aromatic rings. The number of carbonyl (C=O) groups is 2. The number of hydrogen-bond acceptors (Lipinski definition) is 2. The first-order valence-electron chi connectivity index (χ1n) is 2.80. The van der Waals surface area contributed by atoms with E-state index >= 15 is 0 Å². The largest absolute Gasteiger partial charge is 0.295 e. The predicted octanol–water partition coefficient (Wildman–Crippen LogP) is 2.16. The quantitative estimate of drug-likeness (QED) is 0.574. The van der Waals surface area contributed by atoms with Gasteiger partial charge in [-0.2, -0.15) is 0 Å². The Labute approximate surface area is 68.6 Å². The zero-order valence-corrected chi connectivity index (χ0v) is 6.39. The molecule has 11 heavy (non-hydrogen) atoms. The van der Waals surface area contributed by atoms with E-state index in [1.54, 1.807) is 0 Å². The summed E-state index contributed by atoms with van der Waals surface area (Å²) >= 11 is 0. The summed E-state index contributed by atoms with van der Waals surface area (Å²) in [4.78, 5) is 19.4. The summed E-state index contributed by atoms with van der Waals surface area (Å²) in [5.74, 6) is 0.0370. The minimum atomic E-state index is 0. The summed E-state index contributed by atoms with van der Waals surface area (Å²) in [6.07, 6.45) is 2.56. The van der Waals surface area contributed by atoms with E-state index in [1.807, 2.05) is 0 Å². The van der Waals surface area contributed by atoms with Crippen LogP contribution in [-0.2, 0) is 9.59 Å². The summed E-state index contributed by atoms with van der Waals surface area (Å²) in [6.45, 7) is 9.35. The molecule has 0 aromatic heterocycles. The average molecular weight is 156 g/mol. The minimum Gasteiger partial charge on any atom is -0.295 e. The lowest BCUT2D eigenvalue weighted by Gasteiger charge is -1.62. The molecular formula is C9H16O2. The SMILES string of the molecule is C.C=CC(C)=O.C=CC(C)=O. The Bertz CT molecular complexity index is 128. The highest BCUT2D eigenvalue weighted by Gasteiger charge is 1.70. The summed E-state index contributed by atoms with van der Waals surface area (Å²) in [7, 11) is 0. The Morgan fingerprint density at radius 1 is 1.00 bits per heavy atom. The predicted molar refractivity (Wildman–Crippen MR) is 48.5 cm³/mol. The number of ketones is 2. The van der Waals surface area contributed by atoms with Crippen LogP contribution in [0.4, 0.5) is 0 Å². The highest BCUT2D eigenvalue weighted by Crippen LogP contribution is 1.61. The monoisotopic (exact) mass is 156 g/mol. The van der Waals surface area contributed by atoms with Crippen molar-refractivity contribution in [2.75, 3.05) is 0 Å². The van der Waals surface area contributed by atoms with Crippen LogP contribution in [0.2, 0.25) is 0 Å². The molecule has 0 aromatic carbocycles. The molecule has 0 unspecified atom stereocenters. The number of carbonyl (C=O) groups excluding carboxylic acids is 2. The molecule has 0 aliphatic carbocycles. The molecule has 2 heteroatoms. The van der Waals surface area contributed by atoms with E-state index in [9.17, 15) is 9.59 Å². The molecule has 0 amide bonds. The summed E-state index contributed by atoms with van der Waals surface area (Å²) in [6, 6.07) is 0. The van der Waals surface area contributed by atoms with Crippen molar-refractivity contribution < 1.29 is 9.59 Å². The van der Waals surface area contributed by atoms with Gasteiger partial charge < -0.3 is 0 Å². The van der Waals surface area contributed by atoms with Crippen LogP contribution in [0.3, 0.4) is 0 Å². The van der Waals surface area contributed by atoms with Crippen molar-refractivity contribution in [2.24, 2.45) is 0 Å². The Kier molecular flexibility index (Phi) is 17.3. The lowest BCUT2D eigenvalue weighted by atomic mass is 10.5. The van der Waals surface area contributed by atoms with Gasteiger partial charge in [-0.05, 0) is 26.0 Å². The first kappa shape index (κ1) is 16.4. The molecule has 0 saturated carbocycles. The third kappa shape index (κ3) is 51.6. The lowest BCUT2D eigenvalue weighted by molar-refractivity contribution is -0.113. The van der Waals surface area contributed by atoms with Gasteiger partial charge in [-0.25, -0.2) is 0 Å². The van der Waals surface area contributed by atoms with E-state index < -0.39 is 0 Å². The van der Waals surface area contributed by atoms with E-state index in [1.165, 1.54) is 26.0 Å². The smallest absolute Gasteiger partial charge is 0.152 e. The molecule has 64 valence electrons. The van der Waals surface area contributed by atoms with Gasteiger partial charge in [-0.1, -0.05) is 20.6 Å². The zero-order chi connectivity index (χ0) is 8.57. The molecule has 0 spiro atoms. The van der Waals surface area contributed by atoms with Gasteiger partial charge in [0, 0.05) is 0 Å². The molecule has 0 radical (unpaired) electrons. The third-order valence-corrected chi connectivity index (χ3v) is 0.575. The van der Waals surface area contributed by atoms with Crippen molar-refractivity contribution in [3.63, 3.8) is 0 Å². The molecule has 0 N–H and O–H groups in total. The van der Waals surface area contributed by atoms with Crippen molar-refractivity contribution in [2.45, 2.75) is 21.3 Å². The lowest BCUT2D eigenvalue weighted by Crippen LogP contribution is -1.74. The second-order valence-corrected chi connectivity index (χ2v) is 1.63. The molecule has 0 heterocycles. The average Bonchev–Trinajstić information content (AvgIpc) is 1.89. The van der Waals surface area contributed by atoms with Crippen LogP contribution in [0.25, 0.3) is 0 Å². The van der Waals surface area contributed by atoms with Crippen molar-refractivity contribution in [1.82, 2.24) is 0 Å². The van der Waals surface area contributed by atoms with Crippen LogP contribution in [0.5, 0.6) is 0 Å². The maximum absolute atomic E-state index is 9.69. The fraction of sp³-hybridized carbons (Fsp3) is 0.333. The van der Waals surface area contributed by atoms with Crippen LogP contribution in [-0.4, -0.2) is 11.6 Å². The fourth-order valence-corrected chi connectivity index (χ4v) is 0. The maximum Gasteiger partial charge on any atom is 0.152 e. The fourth-order valence-electron chi connectivity index (χ4n) is 0. The Morgan fingerprint density at radius 2 is 1.09 bits per heavy atom. The van der Waals surface area contributed by atoms with Crippen molar-refractivity contribution in [1.29, 1.82) is 0 Å². The molecule has 0 saturated heterocycles. The van der Waals surface area contributed by atoms with Gasteiger partial charge in [0.25, 0.3) is 0 Å². The van der Waals surface area contributed by atoms with Crippen molar-refractivity contribution in [3.05, 3.63) is 25.3 Å². The zero-order valence-electron chi connectivity index (χ0n) is 6.39. The Morgan fingerprint density at radius 3 is 1.09 bits per heavy atom. The molecule has 0 aliphatic rings. The number of allylic oxidation sites excluding steroid dienone is 2. The Hall–Kier alpha value is -1.18. The first-order chi connectivity index (χ1) is 4.54. The molecule has 0 aliphatic heterocycles. The normalized spacial score (nSPS) is 6.00. The number of hydrogen-bond donors (Lipinski definition) is 0. The van der Waals surface area contributed by atoms with E-state index in [0.717, 1.165) is 0 Å². The van der Waals surface area contributed by atoms with E-state index in [2.05, 4.69) is 13.2 Å². The topological polar surface area (TPSA) is 34.1 Å². The number of rotatable bonds is 2. The summed E-state index contributed by atoms with van der Waals surface area (Å²) in [5, 5.41) is 0. The van der Waals surface area contributed by atoms with E-state index in [0.29, 0.717) is 0 Å². The Balaban J connectivity index is -0.000000107. The standard InChI is InChI=1S/2C4H6O.CH4/c2*1-3-4(2)5;/h2*3H,1H2,2H3;1H4. The van der Waals surface area contributed by atoms with Crippen LogP contribution in [0.1, 0.15) is 21.3 Å². The van der Waals surface area contributed by atoms with Gasteiger partial charge >= 0.3 is 0 Å². The molecule has 0 bridgehead atoms. The van der Waals surface area contributed by atoms with Gasteiger partial charge in [-0.15, -0.1) is 0 Å². The van der Waals surface area contributed by atoms with Gasteiger partial charge in [-0.3, -0.25) is 9.59 Å². The second kappa shape index (κ2) is 11.6. The maximum atomic E-state index is 9.69. The van der Waals surface area contributed by atoms with Gasteiger partial charge in [0.2, 0.25) is 0 Å². The molecule has 2 nitrogen and oxygen atoms in total. The molecule has 0 rings (SSSR count). The van der Waals surface area contributed by atoms with Crippen LogP contribution < -0.4 is 0 Å². The van der Waals surface area contributed by atoms with Crippen molar-refractivity contribution in [3.8, 4) is 0 Å². The summed E-state index contributed by atoms with van der Waals surface area (Å²) in [5.41, 5.74) is 0. The van der Waals surface area contributed by atoms with Crippen LogP contribution in [0.15, 0.2) is 25.3 Å². The molecule has 0 atom stereocenters. The summed E-state index contributed by atoms with van der Waals surface area (Å²) < 4.78 is 0. The third-order valence-electron chi connectivity index (χ3n) is 0.575. The highest BCUT2D eigenvalue weighted by atomic mass is 16.1. The minimum absolute atomic E-state index is 0. The van der Waals surface area contributed by atoms with E-state index in [-0.39, 0.29) is 19.0 Å². The van der Waals surface area contributed by atoms with E-state index in [4.69, 9.17) is 0 Å². The van der Waals surface area contributed by atoms with Gasteiger partial charge in [0.05, 0.1) is 0 Å². The molecule has 0 fully saturated rings. The van der Waals surface area contributed by atoms with Gasteiger partial charge in [0.1, 0.15) is 0 Å². The van der Waals surface area contributed by atoms with Crippen LogP contribution >= 0.6 is 0 Å². The first-order valence-corrected chi connectivity index (χ1v) is 2.80.